The number of morpholine rings is 1. The Morgan fingerprint density at radius 2 is 1.90 bits per heavy atom. The van der Waals surface area contributed by atoms with E-state index in [1.807, 2.05) is 18.2 Å². The first-order valence-corrected chi connectivity index (χ1v) is 11.6. The third-order valence-corrected chi connectivity index (χ3v) is 7.51. The number of amides is 1. The predicted octanol–water partition coefficient (Wildman–Crippen LogP) is 0.956. The number of nitrogens with zero attached hydrogens (tertiary/aromatic N) is 3. The van der Waals surface area contributed by atoms with Gasteiger partial charge in [-0.3, -0.25) is 9.48 Å². The molecule has 10 nitrogen and oxygen atoms in total. The second-order valence-electron chi connectivity index (χ2n) is 7.45. The Bertz CT molecular complexity index is 1080. The average Bonchev–Trinajstić information content (AvgIpc) is 3.34. The number of aryl methyl sites for hydroxylation is 2. The van der Waals surface area contributed by atoms with E-state index in [-0.39, 0.29) is 30.6 Å². The normalized spacial score (nSPS) is 16.5. The van der Waals surface area contributed by atoms with Crippen molar-refractivity contribution in [1.82, 2.24) is 19.4 Å². The van der Waals surface area contributed by atoms with Crippen molar-refractivity contribution in [2.24, 2.45) is 0 Å². The molecule has 11 heteroatoms. The van der Waals surface area contributed by atoms with Crippen LogP contribution in [-0.4, -0.2) is 61.5 Å². The van der Waals surface area contributed by atoms with Gasteiger partial charge >= 0.3 is 0 Å². The molecule has 0 aliphatic carbocycles. The molecule has 0 saturated carbocycles. The molecule has 1 aromatic carbocycles. The van der Waals surface area contributed by atoms with E-state index in [0.717, 1.165) is 5.56 Å². The molecule has 0 bridgehead atoms. The van der Waals surface area contributed by atoms with E-state index in [1.165, 1.54) is 4.31 Å². The van der Waals surface area contributed by atoms with Crippen molar-refractivity contribution in [3.8, 4) is 11.5 Å². The number of benzene rings is 1. The molecule has 0 unspecified atom stereocenters. The van der Waals surface area contributed by atoms with Crippen LogP contribution in [0.1, 0.15) is 23.4 Å². The highest BCUT2D eigenvalue weighted by molar-refractivity contribution is 7.89. The molecule has 31 heavy (non-hydrogen) atoms. The minimum absolute atomic E-state index is 0.150. The maximum Gasteiger partial charge on any atom is 0.246 e. The number of aromatic nitrogens is 2. The number of sulfonamides is 1. The quantitative estimate of drug-likeness (QED) is 0.669. The third-order valence-electron chi connectivity index (χ3n) is 5.36. The van der Waals surface area contributed by atoms with Gasteiger partial charge in [0.25, 0.3) is 0 Å². The molecular formula is C20H26N4O6S. The molecule has 2 aliphatic heterocycles. The van der Waals surface area contributed by atoms with E-state index in [0.29, 0.717) is 55.7 Å². The fourth-order valence-electron chi connectivity index (χ4n) is 3.73. The minimum Gasteiger partial charge on any atom is -0.454 e. The lowest BCUT2D eigenvalue weighted by molar-refractivity contribution is -0.121. The second kappa shape index (κ2) is 8.85. The molecule has 1 N–H and O–H groups in total. The Kier molecular flexibility index (Phi) is 6.17. The molecule has 1 aromatic heterocycles. The molecule has 168 valence electrons. The first-order valence-electron chi connectivity index (χ1n) is 10.1. The molecule has 1 saturated heterocycles. The van der Waals surface area contributed by atoms with Crippen LogP contribution in [0.2, 0.25) is 0 Å². The molecule has 2 aliphatic rings. The summed E-state index contributed by atoms with van der Waals surface area (Å²) in [5.74, 6) is 1.22. The summed E-state index contributed by atoms with van der Waals surface area (Å²) < 4.78 is 45.0. The smallest absolute Gasteiger partial charge is 0.246 e. The molecule has 0 spiro atoms. The van der Waals surface area contributed by atoms with Crippen LogP contribution in [0.3, 0.4) is 0 Å². The topological polar surface area (TPSA) is 112 Å². The summed E-state index contributed by atoms with van der Waals surface area (Å²) in [7, 11) is -3.65. The zero-order valence-electron chi connectivity index (χ0n) is 17.6. The van der Waals surface area contributed by atoms with Crippen LogP contribution in [0.5, 0.6) is 11.5 Å². The average molecular weight is 451 g/mol. The standard InChI is InChI=1S/C20H26N4O6S/c1-14-20(31(26,27)23-7-9-28-10-8-23)15(2)24(22-14)6-5-19(25)21-12-16-3-4-17-18(11-16)30-13-29-17/h3-4,11H,5-10,12-13H2,1-2H3,(H,21,25). The lowest BCUT2D eigenvalue weighted by Gasteiger charge is -2.26. The molecule has 1 amide bonds. The lowest BCUT2D eigenvalue weighted by atomic mass is 10.2. The van der Waals surface area contributed by atoms with Gasteiger partial charge in [0.15, 0.2) is 11.5 Å². The minimum atomic E-state index is -3.65. The van der Waals surface area contributed by atoms with Crippen molar-refractivity contribution in [1.29, 1.82) is 0 Å². The van der Waals surface area contributed by atoms with Crippen LogP contribution >= 0.6 is 0 Å². The third kappa shape index (κ3) is 4.53. The number of nitrogens with one attached hydrogen (secondary N) is 1. The Balaban J connectivity index is 1.36. The van der Waals surface area contributed by atoms with Crippen molar-refractivity contribution in [3.63, 3.8) is 0 Å². The zero-order valence-corrected chi connectivity index (χ0v) is 18.4. The van der Waals surface area contributed by atoms with Gasteiger partial charge in [-0.1, -0.05) is 6.07 Å². The monoisotopic (exact) mass is 450 g/mol. The van der Waals surface area contributed by atoms with Gasteiger partial charge in [0.05, 0.1) is 31.1 Å². The highest BCUT2D eigenvalue weighted by Gasteiger charge is 2.32. The molecule has 0 radical (unpaired) electrons. The maximum absolute atomic E-state index is 13.0. The maximum atomic E-state index is 13.0. The Hall–Kier alpha value is -2.63. The SMILES string of the molecule is Cc1nn(CCC(=O)NCc2ccc3c(c2)OCO3)c(C)c1S(=O)(=O)N1CCOCC1. The van der Waals surface area contributed by atoms with Gasteiger partial charge in [-0.2, -0.15) is 9.40 Å². The fourth-order valence-corrected chi connectivity index (χ4v) is 5.52. The van der Waals surface area contributed by atoms with Crippen LogP contribution in [0.4, 0.5) is 0 Å². The molecule has 3 heterocycles. The van der Waals surface area contributed by atoms with E-state index in [1.54, 1.807) is 18.5 Å². The van der Waals surface area contributed by atoms with Crippen molar-refractivity contribution in [2.45, 2.75) is 38.3 Å². The number of carbonyl (C=O) groups is 1. The Labute approximate surface area is 181 Å². The van der Waals surface area contributed by atoms with E-state index in [4.69, 9.17) is 14.2 Å². The molecule has 1 fully saturated rings. The summed E-state index contributed by atoms with van der Waals surface area (Å²) in [6.07, 6.45) is 0.184. The fraction of sp³-hybridized carbons (Fsp3) is 0.500. The van der Waals surface area contributed by atoms with E-state index < -0.39 is 10.0 Å². The van der Waals surface area contributed by atoms with Gasteiger partial charge in [0.1, 0.15) is 4.90 Å². The highest BCUT2D eigenvalue weighted by atomic mass is 32.2. The Morgan fingerprint density at radius 1 is 1.16 bits per heavy atom. The summed E-state index contributed by atoms with van der Waals surface area (Å²) >= 11 is 0. The molecule has 2 aromatic rings. The Morgan fingerprint density at radius 3 is 2.68 bits per heavy atom. The van der Waals surface area contributed by atoms with Crippen LogP contribution in [-0.2, 0) is 32.6 Å². The number of fused-ring (bicyclic) bond motifs is 1. The van der Waals surface area contributed by atoms with Crippen LogP contribution in [0.25, 0.3) is 0 Å². The molecule has 0 atom stereocenters. The number of hydrogen-bond donors (Lipinski definition) is 1. The lowest BCUT2D eigenvalue weighted by Crippen LogP contribution is -2.41. The first kappa shape index (κ1) is 21.6. The molecular weight excluding hydrogens is 424 g/mol. The van der Waals surface area contributed by atoms with Crippen molar-refractivity contribution >= 4 is 15.9 Å². The van der Waals surface area contributed by atoms with Gasteiger partial charge in [-0.05, 0) is 31.5 Å². The zero-order chi connectivity index (χ0) is 22.0. The highest BCUT2D eigenvalue weighted by Crippen LogP contribution is 2.32. The summed E-state index contributed by atoms with van der Waals surface area (Å²) in [6, 6.07) is 5.53. The summed E-state index contributed by atoms with van der Waals surface area (Å²) in [5.41, 5.74) is 1.87. The van der Waals surface area contributed by atoms with Crippen LogP contribution in [0, 0.1) is 13.8 Å². The summed E-state index contributed by atoms with van der Waals surface area (Å²) in [4.78, 5) is 12.5. The largest absolute Gasteiger partial charge is 0.454 e. The van der Waals surface area contributed by atoms with Crippen LogP contribution < -0.4 is 14.8 Å². The van der Waals surface area contributed by atoms with E-state index in [2.05, 4.69) is 10.4 Å². The van der Waals surface area contributed by atoms with Gasteiger partial charge in [-0.15, -0.1) is 0 Å². The van der Waals surface area contributed by atoms with Crippen LogP contribution in [0.15, 0.2) is 23.1 Å². The molecule has 4 rings (SSSR count). The number of ether oxygens (including phenoxy) is 3. The van der Waals surface area contributed by atoms with Gasteiger partial charge in [0, 0.05) is 26.1 Å². The van der Waals surface area contributed by atoms with Crippen molar-refractivity contribution in [2.75, 3.05) is 33.1 Å². The van der Waals surface area contributed by atoms with Gasteiger partial charge in [-0.25, -0.2) is 8.42 Å². The van der Waals surface area contributed by atoms with E-state index in [9.17, 15) is 13.2 Å². The number of rotatable bonds is 7. The first-order chi connectivity index (χ1) is 14.9. The van der Waals surface area contributed by atoms with Crippen molar-refractivity contribution < 1.29 is 27.4 Å². The van der Waals surface area contributed by atoms with E-state index >= 15 is 0 Å². The van der Waals surface area contributed by atoms with Gasteiger partial charge < -0.3 is 19.5 Å². The van der Waals surface area contributed by atoms with Crippen molar-refractivity contribution in [3.05, 3.63) is 35.2 Å². The number of hydrogen-bond acceptors (Lipinski definition) is 7. The predicted molar refractivity (Wildman–Crippen MR) is 110 cm³/mol. The summed E-state index contributed by atoms with van der Waals surface area (Å²) in [6.45, 7) is 5.68. The van der Waals surface area contributed by atoms with Gasteiger partial charge in [0.2, 0.25) is 22.7 Å². The second-order valence-corrected chi connectivity index (χ2v) is 9.33. The number of carbonyl (C=O) groups excluding carboxylic acids is 1. The summed E-state index contributed by atoms with van der Waals surface area (Å²) in [5, 5.41) is 7.24.